The molecular formula is C25H32ClN3O4S. The summed E-state index contributed by atoms with van der Waals surface area (Å²) in [7, 11) is -3.61. The van der Waals surface area contributed by atoms with Gasteiger partial charge in [0.2, 0.25) is 10.0 Å². The van der Waals surface area contributed by atoms with E-state index in [0.717, 1.165) is 31.4 Å². The number of hydrogen-bond donors (Lipinski definition) is 1. The van der Waals surface area contributed by atoms with Crippen LogP contribution >= 0.6 is 11.6 Å². The minimum absolute atomic E-state index is 0.138. The average Bonchev–Trinajstić information content (AvgIpc) is 2.85. The molecule has 0 unspecified atom stereocenters. The standard InChI is InChI=1S/C25H32ClN3O4S/c1-19(25(30)27-21-7-3-2-4-8-21)33-23-10-12-24(13-11-23)34(31,32)29-16-14-28(15-17-29)22-9-5-6-20(26)18-22/h5-6,9-13,18-19,21H,2-4,7-8,14-17H2,1H3,(H,27,30)/t19-/m0/s1. The fourth-order valence-corrected chi connectivity index (χ4v) is 6.13. The van der Waals surface area contributed by atoms with Crippen molar-refractivity contribution in [3.63, 3.8) is 0 Å². The number of ether oxygens (including phenoxy) is 1. The second-order valence-electron chi connectivity index (χ2n) is 8.95. The Morgan fingerprint density at radius 1 is 1.03 bits per heavy atom. The molecule has 2 aromatic rings. The second-order valence-corrected chi connectivity index (χ2v) is 11.3. The van der Waals surface area contributed by atoms with Crippen molar-refractivity contribution < 1.29 is 17.9 Å². The lowest BCUT2D eigenvalue weighted by Crippen LogP contribution is -2.48. The Labute approximate surface area is 207 Å². The van der Waals surface area contributed by atoms with Gasteiger partial charge in [-0.2, -0.15) is 4.31 Å². The minimum atomic E-state index is -3.61. The first-order valence-corrected chi connectivity index (χ1v) is 13.7. The average molecular weight is 506 g/mol. The van der Waals surface area contributed by atoms with Crippen LogP contribution in [0.1, 0.15) is 39.0 Å². The van der Waals surface area contributed by atoms with Crippen molar-refractivity contribution in [2.24, 2.45) is 0 Å². The smallest absolute Gasteiger partial charge is 0.260 e. The first-order valence-electron chi connectivity index (χ1n) is 11.9. The summed E-state index contributed by atoms with van der Waals surface area (Å²) in [5, 5.41) is 3.72. The number of sulfonamides is 1. The number of anilines is 1. The number of carbonyl (C=O) groups is 1. The molecule has 2 aliphatic rings. The van der Waals surface area contributed by atoms with E-state index in [-0.39, 0.29) is 16.8 Å². The SMILES string of the molecule is C[C@H](Oc1ccc(S(=O)(=O)N2CCN(c3cccc(Cl)c3)CC2)cc1)C(=O)NC1CCCCC1. The van der Waals surface area contributed by atoms with Crippen molar-refractivity contribution in [2.75, 3.05) is 31.1 Å². The van der Waals surface area contributed by atoms with Crippen LogP contribution in [-0.2, 0) is 14.8 Å². The third-order valence-electron chi connectivity index (χ3n) is 6.51. The molecule has 2 fully saturated rings. The summed E-state index contributed by atoms with van der Waals surface area (Å²) in [6, 6.07) is 14.1. The van der Waals surface area contributed by atoms with Gasteiger partial charge in [-0.25, -0.2) is 8.42 Å². The number of halogens is 1. The van der Waals surface area contributed by atoms with Crippen LogP contribution in [0.3, 0.4) is 0 Å². The van der Waals surface area contributed by atoms with Gasteiger partial charge in [0.15, 0.2) is 6.10 Å². The van der Waals surface area contributed by atoms with Crippen LogP contribution in [0.2, 0.25) is 5.02 Å². The summed E-state index contributed by atoms with van der Waals surface area (Å²) >= 11 is 6.09. The zero-order chi connectivity index (χ0) is 24.1. The van der Waals surface area contributed by atoms with Gasteiger partial charge >= 0.3 is 0 Å². The molecule has 0 bridgehead atoms. The van der Waals surface area contributed by atoms with Crippen molar-refractivity contribution in [3.05, 3.63) is 53.6 Å². The van der Waals surface area contributed by atoms with E-state index in [0.29, 0.717) is 37.0 Å². The van der Waals surface area contributed by atoms with Gasteiger partial charge in [0.05, 0.1) is 4.90 Å². The molecule has 1 aliphatic carbocycles. The van der Waals surface area contributed by atoms with Crippen molar-refractivity contribution in [2.45, 2.75) is 56.1 Å². The summed E-state index contributed by atoms with van der Waals surface area (Å²) in [6.07, 6.45) is 4.89. The molecule has 1 amide bonds. The normalized spacial score (nSPS) is 18.9. The van der Waals surface area contributed by atoms with Gasteiger partial charge in [-0.05, 0) is 62.2 Å². The third kappa shape index (κ3) is 6.03. The monoisotopic (exact) mass is 505 g/mol. The first kappa shape index (κ1) is 24.8. The molecule has 1 saturated heterocycles. The fraction of sp³-hybridized carbons (Fsp3) is 0.480. The van der Waals surface area contributed by atoms with Gasteiger partial charge in [-0.15, -0.1) is 0 Å². The highest BCUT2D eigenvalue weighted by molar-refractivity contribution is 7.89. The molecule has 184 valence electrons. The predicted octanol–water partition coefficient (Wildman–Crippen LogP) is 4.07. The van der Waals surface area contributed by atoms with Crippen molar-refractivity contribution in [3.8, 4) is 5.75 Å². The molecule has 0 radical (unpaired) electrons. The summed E-state index contributed by atoms with van der Waals surface area (Å²) in [5.41, 5.74) is 0.993. The van der Waals surface area contributed by atoms with Gasteiger partial charge in [0, 0.05) is 42.9 Å². The molecule has 1 saturated carbocycles. The Bertz CT molecular complexity index is 1080. The van der Waals surface area contributed by atoms with Crippen LogP contribution in [0.4, 0.5) is 5.69 Å². The molecule has 7 nitrogen and oxygen atoms in total. The van der Waals surface area contributed by atoms with Crippen molar-refractivity contribution >= 4 is 33.2 Å². The van der Waals surface area contributed by atoms with Gasteiger partial charge in [-0.3, -0.25) is 4.79 Å². The van der Waals surface area contributed by atoms with Gasteiger partial charge in [0.1, 0.15) is 5.75 Å². The Hall–Kier alpha value is -2.29. The van der Waals surface area contributed by atoms with E-state index < -0.39 is 16.1 Å². The van der Waals surface area contributed by atoms with E-state index in [9.17, 15) is 13.2 Å². The quantitative estimate of drug-likeness (QED) is 0.613. The Kier molecular flexibility index (Phi) is 8.01. The maximum atomic E-state index is 13.1. The number of amides is 1. The number of carbonyl (C=O) groups excluding carboxylic acids is 1. The summed E-state index contributed by atoms with van der Waals surface area (Å²) < 4.78 is 33.5. The first-order chi connectivity index (χ1) is 16.3. The second kappa shape index (κ2) is 11.0. The van der Waals surface area contributed by atoms with Crippen LogP contribution in [0.5, 0.6) is 5.75 Å². The zero-order valence-electron chi connectivity index (χ0n) is 19.5. The molecule has 2 aromatic carbocycles. The third-order valence-corrected chi connectivity index (χ3v) is 8.66. The highest BCUT2D eigenvalue weighted by atomic mass is 35.5. The number of hydrogen-bond acceptors (Lipinski definition) is 5. The molecule has 0 spiro atoms. The lowest BCUT2D eigenvalue weighted by atomic mass is 9.95. The van der Waals surface area contributed by atoms with Gasteiger partial charge in [0.25, 0.3) is 5.91 Å². The van der Waals surface area contributed by atoms with E-state index >= 15 is 0 Å². The van der Waals surface area contributed by atoms with E-state index in [1.54, 1.807) is 31.2 Å². The maximum absolute atomic E-state index is 13.1. The molecule has 9 heteroatoms. The molecule has 1 heterocycles. The van der Waals surface area contributed by atoms with Crippen LogP contribution in [-0.4, -0.2) is 57.0 Å². The summed E-state index contributed by atoms with van der Waals surface area (Å²) in [5.74, 6) is 0.331. The highest BCUT2D eigenvalue weighted by Crippen LogP contribution is 2.25. The van der Waals surface area contributed by atoms with Crippen molar-refractivity contribution in [1.82, 2.24) is 9.62 Å². The topological polar surface area (TPSA) is 79.0 Å². The summed E-state index contributed by atoms with van der Waals surface area (Å²) in [4.78, 5) is 14.8. The lowest BCUT2D eigenvalue weighted by molar-refractivity contribution is -0.128. The van der Waals surface area contributed by atoms with Crippen molar-refractivity contribution in [1.29, 1.82) is 0 Å². The van der Waals surface area contributed by atoms with Crippen LogP contribution in [0, 0.1) is 0 Å². The molecule has 1 atom stereocenters. The minimum Gasteiger partial charge on any atom is -0.481 e. The largest absolute Gasteiger partial charge is 0.481 e. The lowest BCUT2D eigenvalue weighted by Gasteiger charge is -2.35. The molecule has 4 rings (SSSR count). The Morgan fingerprint density at radius 3 is 2.35 bits per heavy atom. The van der Waals surface area contributed by atoms with Crippen LogP contribution in [0.25, 0.3) is 0 Å². The van der Waals surface area contributed by atoms with E-state index in [1.165, 1.54) is 10.7 Å². The van der Waals surface area contributed by atoms with E-state index in [4.69, 9.17) is 16.3 Å². The molecule has 0 aromatic heterocycles. The number of piperazine rings is 1. The zero-order valence-corrected chi connectivity index (χ0v) is 21.0. The molecule has 1 aliphatic heterocycles. The van der Waals surface area contributed by atoms with E-state index in [1.807, 2.05) is 24.3 Å². The van der Waals surface area contributed by atoms with Crippen LogP contribution < -0.4 is 15.0 Å². The maximum Gasteiger partial charge on any atom is 0.260 e. The Morgan fingerprint density at radius 2 is 1.71 bits per heavy atom. The summed E-state index contributed by atoms with van der Waals surface area (Å²) in [6.45, 7) is 3.68. The molecule has 34 heavy (non-hydrogen) atoms. The molecular weight excluding hydrogens is 474 g/mol. The van der Waals surface area contributed by atoms with Gasteiger partial charge < -0.3 is 15.0 Å². The number of rotatable bonds is 7. The Balaban J connectivity index is 1.32. The van der Waals surface area contributed by atoms with Crippen LogP contribution in [0.15, 0.2) is 53.4 Å². The predicted molar refractivity (Wildman–Crippen MR) is 134 cm³/mol. The van der Waals surface area contributed by atoms with Gasteiger partial charge in [-0.1, -0.05) is 36.9 Å². The highest BCUT2D eigenvalue weighted by Gasteiger charge is 2.29. The molecule has 1 N–H and O–H groups in total. The number of nitrogens with zero attached hydrogens (tertiary/aromatic N) is 2. The number of benzene rings is 2. The fourth-order valence-electron chi connectivity index (χ4n) is 4.52. The number of nitrogens with one attached hydrogen (secondary N) is 1. The van der Waals surface area contributed by atoms with E-state index in [2.05, 4.69) is 10.2 Å².